The summed E-state index contributed by atoms with van der Waals surface area (Å²) in [6.07, 6.45) is 10.8. The Morgan fingerprint density at radius 1 is 1.22 bits per heavy atom. The summed E-state index contributed by atoms with van der Waals surface area (Å²) in [6, 6.07) is 3.68. The maximum Gasteiger partial charge on any atom is 0.254 e. The molecule has 6 heteroatoms. The second kappa shape index (κ2) is 10.6. The van der Waals surface area contributed by atoms with E-state index in [1.165, 1.54) is 32.1 Å². The zero-order chi connectivity index (χ0) is 18.9. The van der Waals surface area contributed by atoms with Gasteiger partial charge in [-0.2, -0.15) is 0 Å². The number of anilines is 1. The molecule has 27 heavy (non-hydrogen) atoms. The molecule has 1 aromatic rings. The Kier molecular flexibility index (Phi) is 7.90. The van der Waals surface area contributed by atoms with Gasteiger partial charge in [0.15, 0.2) is 11.6 Å². The highest BCUT2D eigenvalue weighted by Crippen LogP contribution is 2.27. The molecular weight excluding hydrogens is 344 g/mol. The van der Waals surface area contributed by atoms with Crippen LogP contribution in [0.5, 0.6) is 5.75 Å². The van der Waals surface area contributed by atoms with Crippen molar-refractivity contribution < 1.29 is 19.0 Å². The summed E-state index contributed by atoms with van der Waals surface area (Å²) < 4.78 is 17.3. The summed E-state index contributed by atoms with van der Waals surface area (Å²) in [5.74, 6) is 1.47. The number of carbonyl (C=O) groups is 1. The van der Waals surface area contributed by atoms with Crippen LogP contribution < -0.4 is 10.1 Å². The Hall–Kier alpha value is -1.66. The average Bonchev–Trinajstić information content (AvgIpc) is 2.73. The number of hydrogen-bond donors (Lipinski definition) is 1. The largest absolute Gasteiger partial charge is 0.489 e. The third-order valence-electron chi connectivity index (χ3n) is 5.39. The third kappa shape index (κ3) is 6.47. The third-order valence-corrected chi connectivity index (χ3v) is 5.39. The van der Waals surface area contributed by atoms with E-state index >= 15 is 0 Å². The van der Waals surface area contributed by atoms with Crippen molar-refractivity contribution in [3.8, 4) is 5.75 Å². The molecule has 1 saturated carbocycles. The van der Waals surface area contributed by atoms with Gasteiger partial charge >= 0.3 is 0 Å². The second-order valence-corrected chi connectivity index (χ2v) is 7.62. The predicted octanol–water partition coefficient (Wildman–Crippen LogP) is 3.95. The van der Waals surface area contributed by atoms with Crippen LogP contribution in [0.2, 0.25) is 0 Å². The van der Waals surface area contributed by atoms with Crippen molar-refractivity contribution in [2.75, 3.05) is 25.1 Å². The van der Waals surface area contributed by atoms with Crippen molar-refractivity contribution in [3.05, 3.63) is 18.3 Å². The first kappa shape index (κ1) is 20.1. The molecular formula is C21H32N2O4. The van der Waals surface area contributed by atoms with Gasteiger partial charge in [-0.15, -0.1) is 0 Å². The van der Waals surface area contributed by atoms with Gasteiger partial charge in [-0.25, -0.2) is 4.98 Å². The summed E-state index contributed by atoms with van der Waals surface area (Å²) in [6.45, 7) is 3.66. The number of nitrogens with one attached hydrogen (secondary N) is 1. The van der Waals surface area contributed by atoms with Crippen LogP contribution in [0.15, 0.2) is 18.3 Å². The number of ether oxygens (including phenoxy) is 3. The molecule has 6 nitrogen and oxygen atoms in total. The Morgan fingerprint density at radius 3 is 2.81 bits per heavy atom. The quantitative estimate of drug-likeness (QED) is 0.744. The van der Waals surface area contributed by atoms with Crippen LogP contribution in [-0.2, 0) is 14.3 Å². The van der Waals surface area contributed by atoms with E-state index in [-0.39, 0.29) is 12.0 Å². The van der Waals surface area contributed by atoms with Gasteiger partial charge < -0.3 is 19.5 Å². The normalized spacial score (nSPS) is 22.2. The molecule has 3 rings (SSSR count). The van der Waals surface area contributed by atoms with Crippen molar-refractivity contribution in [2.45, 2.75) is 70.5 Å². The molecule has 1 aliphatic carbocycles. The number of rotatable bonds is 8. The van der Waals surface area contributed by atoms with Crippen LogP contribution in [0, 0.1) is 5.92 Å². The summed E-state index contributed by atoms with van der Waals surface area (Å²) in [7, 11) is 0. The van der Waals surface area contributed by atoms with Crippen LogP contribution in [0.1, 0.15) is 58.3 Å². The lowest BCUT2D eigenvalue weighted by atomic mass is 9.90. The van der Waals surface area contributed by atoms with Gasteiger partial charge in [0.2, 0.25) is 0 Å². The van der Waals surface area contributed by atoms with Crippen LogP contribution in [0.3, 0.4) is 0 Å². The molecule has 2 atom stereocenters. The molecule has 0 aromatic carbocycles. The first-order valence-corrected chi connectivity index (χ1v) is 10.3. The molecule has 1 aromatic heterocycles. The van der Waals surface area contributed by atoms with E-state index in [9.17, 15) is 4.79 Å². The Morgan fingerprint density at radius 2 is 2.04 bits per heavy atom. The Balaban J connectivity index is 1.47. The highest BCUT2D eigenvalue weighted by atomic mass is 16.5. The van der Waals surface area contributed by atoms with Gasteiger partial charge in [0.05, 0.1) is 19.3 Å². The number of pyridine rings is 1. The fourth-order valence-electron chi connectivity index (χ4n) is 3.65. The fraction of sp³-hybridized carbons (Fsp3) is 0.714. The van der Waals surface area contributed by atoms with Crippen LogP contribution >= 0.6 is 0 Å². The molecule has 1 N–H and O–H groups in total. The number of amides is 1. The van der Waals surface area contributed by atoms with E-state index in [0.29, 0.717) is 30.7 Å². The number of aromatic nitrogens is 1. The highest BCUT2D eigenvalue weighted by molar-refractivity contribution is 5.94. The minimum atomic E-state index is -0.566. The van der Waals surface area contributed by atoms with Crippen molar-refractivity contribution in [1.29, 1.82) is 0 Å². The minimum Gasteiger partial charge on any atom is -0.489 e. The number of hydrogen-bond acceptors (Lipinski definition) is 5. The van der Waals surface area contributed by atoms with Gasteiger partial charge in [0.1, 0.15) is 6.10 Å². The Bertz CT molecular complexity index is 583. The van der Waals surface area contributed by atoms with E-state index in [2.05, 4.69) is 10.3 Å². The molecule has 2 heterocycles. The summed E-state index contributed by atoms with van der Waals surface area (Å²) in [4.78, 5) is 16.7. The SMILES string of the molecule is CC(OCC1CCCCO1)C(=O)Nc1ncccc1OCC1CCCCC1. The topological polar surface area (TPSA) is 69.7 Å². The number of carbonyl (C=O) groups excluding carboxylic acids is 1. The first-order chi connectivity index (χ1) is 13.2. The van der Waals surface area contributed by atoms with Crippen LogP contribution in [0.25, 0.3) is 0 Å². The molecule has 2 fully saturated rings. The molecule has 0 bridgehead atoms. The van der Waals surface area contributed by atoms with E-state index in [4.69, 9.17) is 14.2 Å². The van der Waals surface area contributed by atoms with Crippen molar-refractivity contribution in [1.82, 2.24) is 4.98 Å². The van der Waals surface area contributed by atoms with E-state index in [1.807, 2.05) is 12.1 Å². The van der Waals surface area contributed by atoms with Gasteiger partial charge in [-0.1, -0.05) is 19.3 Å². The molecule has 0 spiro atoms. The molecule has 1 amide bonds. The maximum atomic E-state index is 12.5. The van der Waals surface area contributed by atoms with Crippen LogP contribution in [0.4, 0.5) is 5.82 Å². The molecule has 2 aliphatic rings. The lowest BCUT2D eigenvalue weighted by Gasteiger charge is -2.24. The fourth-order valence-corrected chi connectivity index (χ4v) is 3.65. The average molecular weight is 376 g/mol. The van der Waals surface area contributed by atoms with Crippen molar-refractivity contribution in [2.24, 2.45) is 5.92 Å². The molecule has 150 valence electrons. The minimum absolute atomic E-state index is 0.0956. The first-order valence-electron chi connectivity index (χ1n) is 10.3. The number of nitrogens with zero attached hydrogens (tertiary/aromatic N) is 1. The van der Waals surface area contributed by atoms with Crippen molar-refractivity contribution in [3.63, 3.8) is 0 Å². The van der Waals surface area contributed by atoms with Gasteiger partial charge in [-0.05, 0) is 57.1 Å². The molecule has 0 radical (unpaired) electrons. The highest BCUT2D eigenvalue weighted by Gasteiger charge is 2.21. The summed E-state index contributed by atoms with van der Waals surface area (Å²) >= 11 is 0. The molecule has 1 aliphatic heterocycles. The maximum absolute atomic E-state index is 12.5. The van der Waals surface area contributed by atoms with Crippen molar-refractivity contribution >= 4 is 11.7 Å². The lowest BCUT2D eigenvalue weighted by Crippen LogP contribution is -2.33. The van der Waals surface area contributed by atoms with Gasteiger partial charge in [0.25, 0.3) is 5.91 Å². The van der Waals surface area contributed by atoms with Gasteiger partial charge in [0, 0.05) is 12.8 Å². The molecule has 2 unspecified atom stereocenters. The van der Waals surface area contributed by atoms with E-state index < -0.39 is 6.10 Å². The predicted molar refractivity (Wildman–Crippen MR) is 104 cm³/mol. The summed E-state index contributed by atoms with van der Waals surface area (Å²) in [5, 5.41) is 2.84. The smallest absolute Gasteiger partial charge is 0.254 e. The van der Waals surface area contributed by atoms with E-state index in [1.54, 1.807) is 13.1 Å². The Labute approximate surface area is 162 Å². The lowest BCUT2D eigenvalue weighted by molar-refractivity contribution is -0.130. The summed E-state index contributed by atoms with van der Waals surface area (Å²) in [5.41, 5.74) is 0. The standard InChI is InChI=1S/C21H32N2O4/c1-16(26-15-18-10-5-6-13-25-18)21(24)23-20-19(11-7-12-22-20)27-14-17-8-3-2-4-9-17/h7,11-12,16-18H,2-6,8-10,13-15H2,1H3,(H,22,23,24). The van der Waals surface area contributed by atoms with E-state index in [0.717, 1.165) is 25.9 Å². The second-order valence-electron chi connectivity index (χ2n) is 7.62. The van der Waals surface area contributed by atoms with Gasteiger partial charge in [-0.3, -0.25) is 4.79 Å². The van der Waals surface area contributed by atoms with Crippen LogP contribution in [-0.4, -0.2) is 42.9 Å². The molecule has 1 saturated heterocycles. The monoisotopic (exact) mass is 376 g/mol. The zero-order valence-electron chi connectivity index (χ0n) is 16.3. The zero-order valence-corrected chi connectivity index (χ0v) is 16.3.